The zero-order valence-electron chi connectivity index (χ0n) is 13.2. The number of nitrogens with two attached hydrogens (primary N) is 1. The second kappa shape index (κ2) is 6.41. The normalized spacial score (nSPS) is 24.8. The molecule has 0 aromatic heterocycles. The van der Waals surface area contributed by atoms with Crippen LogP contribution >= 0.6 is 0 Å². The zero-order chi connectivity index (χ0) is 14.8. The van der Waals surface area contributed by atoms with Crippen molar-refractivity contribution in [3.8, 4) is 0 Å². The Labute approximate surface area is 122 Å². The van der Waals surface area contributed by atoms with Crippen molar-refractivity contribution in [1.82, 2.24) is 15.1 Å². The van der Waals surface area contributed by atoms with Crippen LogP contribution in [0.1, 0.15) is 33.6 Å². The third-order valence-corrected chi connectivity index (χ3v) is 4.65. The lowest BCUT2D eigenvalue weighted by Gasteiger charge is -2.41. The molecular formula is C15H30N4O. The van der Waals surface area contributed by atoms with Gasteiger partial charge in [-0.25, -0.2) is 0 Å². The molecule has 0 aromatic rings. The Morgan fingerprint density at radius 2 is 1.80 bits per heavy atom. The average Bonchev–Trinajstić information content (AvgIpc) is 3.22. The SMILES string of the molecule is CCN1CCN(CC(NC(C)C)(C(N)=O)C2CC2)CC1. The molecule has 1 amide bonds. The van der Waals surface area contributed by atoms with E-state index in [1.165, 1.54) is 0 Å². The quantitative estimate of drug-likeness (QED) is 0.703. The molecule has 116 valence electrons. The first-order valence-electron chi connectivity index (χ1n) is 8.00. The number of likely N-dealkylation sites (N-methyl/N-ethyl adjacent to an activating group) is 1. The molecule has 1 heterocycles. The van der Waals surface area contributed by atoms with Gasteiger partial charge in [-0.2, -0.15) is 0 Å². The highest BCUT2D eigenvalue weighted by molar-refractivity contribution is 5.86. The second-order valence-electron chi connectivity index (χ2n) is 6.62. The van der Waals surface area contributed by atoms with Gasteiger partial charge in [0, 0.05) is 38.8 Å². The first-order valence-corrected chi connectivity index (χ1v) is 8.00. The Kier molecular flexibility index (Phi) is 5.04. The first-order chi connectivity index (χ1) is 9.48. The summed E-state index contributed by atoms with van der Waals surface area (Å²) in [6.45, 7) is 12.5. The number of nitrogens with zero attached hydrogens (tertiary/aromatic N) is 2. The van der Waals surface area contributed by atoms with Gasteiger partial charge in [-0.3, -0.25) is 15.0 Å². The summed E-state index contributed by atoms with van der Waals surface area (Å²) in [6.07, 6.45) is 2.25. The minimum absolute atomic E-state index is 0.174. The molecule has 1 aliphatic carbocycles. The monoisotopic (exact) mass is 282 g/mol. The molecule has 1 atom stereocenters. The van der Waals surface area contributed by atoms with Crippen LogP contribution in [0.15, 0.2) is 0 Å². The molecular weight excluding hydrogens is 252 g/mol. The number of carbonyl (C=O) groups is 1. The number of amides is 1. The van der Waals surface area contributed by atoms with Crippen molar-refractivity contribution in [1.29, 1.82) is 0 Å². The number of hydrogen-bond donors (Lipinski definition) is 2. The second-order valence-corrected chi connectivity index (χ2v) is 6.62. The van der Waals surface area contributed by atoms with Crippen LogP contribution in [0.2, 0.25) is 0 Å². The van der Waals surface area contributed by atoms with Crippen LogP contribution in [-0.2, 0) is 4.79 Å². The van der Waals surface area contributed by atoms with Gasteiger partial charge in [0.15, 0.2) is 0 Å². The van der Waals surface area contributed by atoms with Crippen molar-refractivity contribution < 1.29 is 4.79 Å². The van der Waals surface area contributed by atoms with Gasteiger partial charge in [0.2, 0.25) is 5.91 Å². The van der Waals surface area contributed by atoms with Crippen LogP contribution in [0.4, 0.5) is 0 Å². The van der Waals surface area contributed by atoms with E-state index < -0.39 is 5.54 Å². The summed E-state index contributed by atoms with van der Waals surface area (Å²) in [7, 11) is 0. The van der Waals surface area contributed by atoms with Gasteiger partial charge in [0.25, 0.3) is 0 Å². The number of hydrogen-bond acceptors (Lipinski definition) is 4. The lowest BCUT2D eigenvalue weighted by Crippen LogP contribution is -2.66. The van der Waals surface area contributed by atoms with E-state index in [9.17, 15) is 4.79 Å². The number of nitrogens with one attached hydrogen (secondary N) is 1. The van der Waals surface area contributed by atoms with E-state index in [0.29, 0.717) is 5.92 Å². The molecule has 5 nitrogen and oxygen atoms in total. The summed E-state index contributed by atoms with van der Waals surface area (Å²) in [5.74, 6) is 0.248. The van der Waals surface area contributed by atoms with Gasteiger partial charge in [-0.1, -0.05) is 6.92 Å². The Balaban J connectivity index is 2.02. The summed E-state index contributed by atoms with van der Waals surface area (Å²) in [6, 6.07) is 0.278. The third-order valence-electron chi connectivity index (χ3n) is 4.65. The average molecular weight is 282 g/mol. The van der Waals surface area contributed by atoms with Crippen molar-refractivity contribution >= 4 is 5.91 Å². The molecule has 5 heteroatoms. The van der Waals surface area contributed by atoms with E-state index in [2.05, 4.69) is 35.9 Å². The number of primary amides is 1. The number of piperazine rings is 1. The minimum atomic E-state index is -0.525. The highest BCUT2D eigenvalue weighted by atomic mass is 16.1. The summed E-state index contributed by atoms with van der Waals surface area (Å²) >= 11 is 0. The molecule has 2 rings (SSSR count). The summed E-state index contributed by atoms with van der Waals surface area (Å²) in [5, 5.41) is 3.50. The topological polar surface area (TPSA) is 61.6 Å². The molecule has 0 radical (unpaired) electrons. The number of carbonyl (C=O) groups excluding carboxylic acids is 1. The highest BCUT2D eigenvalue weighted by Gasteiger charge is 2.50. The minimum Gasteiger partial charge on any atom is -0.368 e. The van der Waals surface area contributed by atoms with E-state index in [0.717, 1.165) is 52.1 Å². The van der Waals surface area contributed by atoms with Crippen LogP contribution in [0.3, 0.4) is 0 Å². The smallest absolute Gasteiger partial charge is 0.239 e. The van der Waals surface area contributed by atoms with Gasteiger partial charge in [-0.15, -0.1) is 0 Å². The van der Waals surface area contributed by atoms with Crippen molar-refractivity contribution in [2.45, 2.75) is 45.2 Å². The molecule has 0 bridgehead atoms. The molecule has 1 saturated carbocycles. The van der Waals surface area contributed by atoms with Gasteiger partial charge >= 0.3 is 0 Å². The van der Waals surface area contributed by atoms with Gasteiger partial charge < -0.3 is 10.6 Å². The molecule has 0 spiro atoms. The molecule has 1 aliphatic heterocycles. The fourth-order valence-corrected chi connectivity index (χ4v) is 3.35. The van der Waals surface area contributed by atoms with Crippen LogP contribution in [0.25, 0.3) is 0 Å². The molecule has 1 saturated heterocycles. The van der Waals surface area contributed by atoms with Crippen molar-refractivity contribution in [2.24, 2.45) is 11.7 Å². The van der Waals surface area contributed by atoms with Crippen molar-refractivity contribution in [2.75, 3.05) is 39.3 Å². The highest BCUT2D eigenvalue weighted by Crippen LogP contribution is 2.40. The Morgan fingerprint density at radius 1 is 1.25 bits per heavy atom. The number of rotatable bonds is 7. The molecule has 2 aliphatic rings. The lowest BCUT2D eigenvalue weighted by atomic mass is 9.90. The maximum absolute atomic E-state index is 12.2. The molecule has 1 unspecified atom stereocenters. The lowest BCUT2D eigenvalue weighted by molar-refractivity contribution is -0.127. The van der Waals surface area contributed by atoms with Crippen LogP contribution < -0.4 is 11.1 Å². The van der Waals surface area contributed by atoms with E-state index in [1.807, 2.05) is 0 Å². The fraction of sp³-hybridized carbons (Fsp3) is 0.933. The summed E-state index contributed by atoms with van der Waals surface area (Å²) < 4.78 is 0. The predicted molar refractivity (Wildman–Crippen MR) is 81.5 cm³/mol. The zero-order valence-corrected chi connectivity index (χ0v) is 13.2. The Morgan fingerprint density at radius 3 is 2.20 bits per heavy atom. The largest absolute Gasteiger partial charge is 0.368 e. The summed E-state index contributed by atoms with van der Waals surface area (Å²) in [5.41, 5.74) is 5.27. The van der Waals surface area contributed by atoms with E-state index in [1.54, 1.807) is 0 Å². The molecule has 2 fully saturated rings. The molecule has 20 heavy (non-hydrogen) atoms. The maximum atomic E-state index is 12.2. The van der Waals surface area contributed by atoms with Gasteiger partial charge in [0.1, 0.15) is 5.54 Å². The van der Waals surface area contributed by atoms with E-state index >= 15 is 0 Å². The van der Waals surface area contributed by atoms with Gasteiger partial charge in [-0.05, 0) is 39.2 Å². The summed E-state index contributed by atoms with van der Waals surface area (Å²) in [4.78, 5) is 17.0. The van der Waals surface area contributed by atoms with Crippen LogP contribution in [0, 0.1) is 5.92 Å². The maximum Gasteiger partial charge on any atom is 0.239 e. The van der Waals surface area contributed by atoms with E-state index in [-0.39, 0.29) is 11.9 Å². The first kappa shape index (κ1) is 15.7. The third kappa shape index (κ3) is 3.51. The van der Waals surface area contributed by atoms with Crippen LogP contribution in [0.5, 0.6) is 0 Å². The van der Waals surface area contributed by atoms with Crippen LogP contribution in [-0.4, -0.2) is 66.6 Å². The Bertz CT molecular complexity index is 335. The fourth-order valence-electron chi connectivity index (χ4n) is 3.35. The standard InChI is InChI=1S/C15H30N4O/c1-4-18-7-9-19(10-8-18)11-15(14(16)20,13-5-6-13)17-12(2)3/h12-13,17H,4-11H2,1-3H3,(H2,16,20). The Hall–Kier alpha value is -0.650. The molecule has 0 aromatic carbocycles. The van der Waals surface area contributed by atoms with E-state index in [4.69, 9.17) is 5.73 Å². The van der Waals surface area contributed by atoms with Gasteiger partial charge in [0.05, 0.1) is 0 Å². The molecule has 3 N–H and O–H groups in total. The van der Waals surface area contributed by atoms with Crippen molar-refractivity contribution in [3.63, 3.8) is 0 Å². The predicted octanol–water partition coefficient (Wildman–Crippen LogP) is 0.256. The van der Waals surface area contributed by atoms with Crippen molar-refractivity contribution in [3.05, 3.63) is 0 Å².